The summed E-state index contributed by atoms with van der Waals surface area (Å²) < 4.78 is 5.12. The van der Waals surface area contributed by atoms with Crippen molar-refractivity contribution >= 4 is 17.6 Å². The topological polar surface area (TPSA) is 29.5 Å². The minimum atomic E-state index is -0.136. The van der Waals surface area contributed by atoms with Crippen molar-refractivity contribution in [2.75, 3.05) is 19.7 Å². The van der Waals surface area contributed by atoms with Crippen molar-refractivity contribution in [2.45, 2.75) is 38.6 Å². The normalized spacial score (nSPS) is 17.7. The third-order valence-corrected chi connectivity index (χ3v) is 3.97. The number of nitrogens with zero attached hydrogens (tertiary/aromatic N) is 1. The van der Waals surface area contributed by atoms with Gasteiger partial charge in [0.1, 0.15) is 0 Å². The maximum atomic E-state index is 11.9. The third-order valence-electron chi connectivity index (χ3n) is 3.73. The minimum absolute atomic E-state index is 0.0769. The van der Waals surface area contributed by atoms with Crippen molar-refractivity contribution in [3.05, 3.63) is 34.9 Å². The van der Waals surface area contributed by atoms with Crippen LogP contribution in [0, 0.1) is 0 Å². The van der Waals surface area contributed by atoms with E-state index in [9.17, 15) is 4.79 Å². The van der Waals surface area contributed by atoms with Gasteiger partial charge in [-0.25, -0.2) is 0 Å². The number of halogens is 1. The number of hydrogen-bond donors (Lipinski definition) is 0. The van der Waals surface area contributed by atoms with Gasteiger partial charge < -0.3 is 4.74 Å². The van der Waals surface area contributed by atoms with Gasteiger partial charge in [-0.05, 0) is 50.6 Å². The largest absolute Gasteiger partial charge is 0.466 e. The van der Waals surface area contributed by atoms with E-state index in [1.54, 1.807) is 0 Å². The van der Waals surface area contributed by atoms with Gasteiger partial charge in [-0.2, -0.15) is 0 Å². The molecule has 3 nitrogen and oxygen atoms in total. The van der Waals surface area contributed by atoms with Gasteiger partial charge in [-0.3, -0.25) is 9.69 Å². The second-order valence-corrected chi connectivity index (χ2v) is 5.61. The summed E-state index contributed by atoms with van der Waals surface area (Å²) >= 11 is 6.09. The first-order valence-electron chi connectivity index (χ1n) is 7.36. The predicted molar refractivity (Wildman–Crippen MR) is 80.9 cm³/mol. The number of piperidine rings is 1. The van der Waals surface area contributed by atoms with Crippen molar-refractivity contribution in [3.8, 4) is 0 Å². The molecule has 110 valence electrons. The Labute approximate surface area is 125 Å². The molecule has 0 spiro atoms. The molecule has 0 bridgehead atoms. The van der Waals surface area contributed by atoms with E-state index in [0.717, 1.165) is 18.7 Å². The Morgan fingerprint density at radius 2 is 2.10 bits per heavy atom. The molecule has 1 aromatic rings. The van der Waals surface area contributed by atoms with Crippen molar-refractivity contribution in [3.63, 3.8) is 0 Å². The van der Waals surface area contributed by atoms with Gasteiger partial charge in [-0.1, -0.05) is 30.2 Å². The Bertz CT molecular complexity index is 444. The van der Waals surface area contributed by atoms with Crippen molar-refractivity contribution in [2.24, 2.45) is 0 Å². The Morgan fingerprint density at radius 1 is 1.35 bits per heavy atom. The molecule has 1 fully saturated rings. The number of hydrogen-bond acceptors (Lipinski definition) is 3. The van der Waals surface area contributed by atoms with Crippen molar-refractivity contribution in [1.29, 1.82) is 0 Å². The standard InChI is InChI=1S/C16H22ClNO2/c1-2-20-16(19)12-15(18-9-4-3-5-10-18)13-7-6-8-14(17)11-13/h6-8,11,15H,2-5,9-10,12H2,1H3/t15-/m1/s1. The molecule has 1 aliphatic heterocycles. The first-order valence-corrected chi connectivity index (χ1v) is 7.73. The monoisotopic (exact) mass is 295 g/mol. The van der Waals surface area contributed by atoms with E-state index in [1.165, 1.54) is 19.3 Å². The highest BCUT2D eigenvalue weighted by Crippen LogP contribution is 2.29. The van der Waals surface area contributed by atoms with Gasteiger partial charge in [0.2, 0.25) is 0 Å². The quantitative estimate of drug-likeness (QED) is 0.774. The van der Waals surface area contributed by atoms with Crippen LogP contribution in [-0.4, -0.2) is 30.6 Å². The van der Waals surface area contributed by atoms with E-state index < -0.39 is 0 Å². The van der Waals surface area contributed by atoms with E-state index in [-0.39, 0.29) is 12.0 Å². The van der Waals surface area contributed by atoms with Crippen molar-refractivity contribution in [1.82, 2.24) is 4.90 Å². The number of carbonyl (C=O) groups is 1. The van der Waals surface area contributed by atoms with Gasteiger partial charge in [-0.15, -0.1) is 0 Å². The van der Waals surface area contributed by atoms with E-state index in [4.69, 9.17) is 16.3 Å². The van der Waals surface area contributed by atoms with E-state index in [1.807, 2.05) is 31.2 Å². The molecule has 0 unspecified atom stereocenters. The molecule has 1 atom stereocenters. The van der Waals surface area contributed by atoms with Gasteiger partial charge in [0.15, 0.2) is 0 Å². The summed E-state index contributed by atoms with van der Waals surface area (Å²) in [5.41, 5.74) is 1.10. The van der Waals surface area contributed by atoms with Gasteiger partial charge >= 0.3 is 5.97 Å². The summed E-state index contributed by atoms with van der Waals surface area (Å²) in [6, 6.07) is 7.89. The number of likely N-dealkylation sites (tertiary alicyclic amines) is 1. The molecule has 1 aliphatic rings. The maximum Gasteiger partial charge on any atom is 0.307 e. The van der Waals surface area contributed by atoms with Gasteiger partial charge in [0, 0.05) is 11.1 Å². The van der Waals surface area contributed by atoms with Crippen LogP contribution in [0.2, 0.25) is 5.02 Å². The first kappa shape index (κ1) is 15.3. The lowest BCUT2D eigenvalue weighted by Gasteiger charge is -2.34. The van der Waals surface area contributed by atoms with Crippen LogP contribution < -0.4 is 0 Å². The summed E-state index contributed by atoms with van der Waals surface area (Å²) in [5.74, 6) is -0.136. The Balaban J connectivity index is 2.16. The van der Waals surface area contributed by atoms with Crippen LogP contribution in [0.15, 0.2) is 24.3 Å². The van der Waals surface area contributed by atoms with Gasteiger partial charge in [0.25, 0.3) is 0 Å². The molecule has 0 aliphatic carbocycles. The lowest BCUT2D eigenvalue weighted by Crippen LogP contribution is -2.35. The molecule has 0 N–H and O–H groups in total. The molecule has 0 saturated carbocycles. The number of rotatable bonds is 5. The highest BCUT2D eigenvalue weighted by Gasteiger charge is 2.25. The molecule has 1 saturated heterocycles. The molecule has 1 heterocycles. The average molecular weight is 296 g/mol. The predicted octanol–water partition coefficient (Wildman–Crippen LogP) is 3.82. The summed E-state index contributed by atoms with van der Waals surface area (Å²) in [6.45, 7) is 4.35. The van der Waals surface area contributed by atoms with Crippen LogP contribution >= 0.6 is 11.6 Å². The van der Waals surface area contributed by atoms with Gasteiger partial charge in [0.05, 0.1) is 13.0 Å². The van der Waals surface area contributed by atoms with Crippen LogP contribution in [0.5, 0.6) is 0 Å². The molecular formula is C16H22ClNO2. The smallest absolute Gasteiger partial charge is 0.307 e. The van der Waals surface area contributed by atoms with Crippen LogP contribution in [0.25, 0.3) is 0 Å². The van der Waals surface area contributed by atoms with Crippen molar-refractivity contribution < 1.29 is 9.53 Å². The molecule has 4 heteroatoms. The second-order valence-electron chi connectivity index (χ2n) is 5.18. The highest BCUT2D eigenvalue weighted by molar-refractivity contribution is 6.30. The van der Waals surface area contributed by atoms with E-state index in [0.29, 0.717) is 18.1 Å². The van der Waals surface area contributed by atoms with E-state index in [2.05, 4.69) is 4.90 Å². The van der Waals surface area contributed by atoms with Crippen LogP contribution in [-0.2, 0) is 9.53 Å². The lowest BCUT2D eigenvalue weighted by atomic mass is 9.99. The number of carbonyl (C=O) groups excluding carboxylic acids is 1. The Hall–Kier alpha value is -1.06. The molecule has 1 aromatic carbocycles. The highest BCUT2D eigenvalue weighted by atomic mass is 35.5. The van der Waals surface area contributed by atoms with Crippen LogP contribution in [0.3, 0.4) is 0 Å². The van der Waals surface area contributed by atoms with E-state index >= 15 is 0 Å². The molecule has 0 aromatic heterocycles. The third kappa shape index (κ3) is 4.22. The molecule has 0 amide bonds. The summed E-state index contributed by atoms with van der Waals surface area (Å²) in [5, 5.41) is 0.716. The zero-order chi connectivity index (χ0) is 14.4. The molecule has 0 radical (unpaired) electrons. The Morgan fingerprint density at radius 3 is 2.75 bits per heavy atom. The second kappa shape index (κ2) is 7.65. The van der Waals surface area contributed by atoms with Crippen LogP contribution in [0.1, 0.15) is 44.2 Å². The lowest BCUT2D eigenvalue weighted by molar-refractivity contribution is -0.144. The SMILES string of the molecule is CCOC(=O)C[C@H](c1cccc(Cl)c1)N1CCCCC1. The molecular weight excluding hydrogens is 274 g/mol. The summed E-state index contributed by atoms with van der Waals surface area (Å²) in [4.78, 5) is 14.3. The first-order chi connectivity index (χ1) is 9.70. The average Bonchev–Trinajstić information content (AvgIpc) is 2.46. The zero-order valence-corrected chi connectivity index (χ0v) is 12.7. The fourth-order valence-corrected chi connectivity index (χ4v) is 2.98. The number of ether oxygens (including phenoxy) is 1. The van der Waals surface area contributed by atoms with Crippen LogP contribution in [0.4, 0.5) is 0 Å². The maximum absolute atomic E-state index is 11.9. The number of esters is 1. The summed E-state index contributed by atoms with van der Waals surface area (Å²) in [7, 11) is 0. The minimum Gasteiger partial charge on any atom is -0.466 e. The summed E-state index contributed by atoms with van der Waals surface area (Å²) in [6.07, 6.45) is 4.06. The fraction of sp³-hybridized carbons (Fsp3) is 0.562. The Kier molecular flexibility index (Phi) is 5.86. The molecule has 20 heavy (non-hydrogen) atoms. The fourth-order valence-electron chi connectivity index (χ4n) is 2.78. The molecule has 2 rings (SSSR count). The zero-order valence-electron chi connectivity index (χ0n) is 12.0. The number of benzene rings is 1.